The van der Waals surface area contributed by atoms with E-state index in [1.165, 1.54) is 26.9 Å². The van der Waals surface area contributed by atoms with Gasteiger partial charge in [-0.05, 0) is 62.6 Å². The Bertz CT molecular complexity index is 2410. The van der Waals surface area contributed by atoms with Crippen LogP contribution >= 0.6 is 0 Å². The summed E-state index contributed by atoms with van der Waals surface area (Å²) < 4.78 is 2.12. The Hall–Kier alpha value is -5.68. The lowest BCUT2D eigenvalue weighted by atomic mass is 9.92. The van der Waals surface area contributed by atoms with Gasteiger partial charge in [-0.2, -0.15) is 0 Å². The first-order valence-corrected chi connectivity index (χ1v) is 13.7. The third-order valence-corrected chi connectivity index (χ3v) is 8.11. The van der Waals surface area contributed by atoms with Crippen molar-refractivity contribution < 1.29 is 0 Å². The molecular formula is C36H21N5. The summed E-state index contributed by atoms with van der Waals surface area (Å²) in [7, 11) is 0. The zero-order valence-electron chi connectivity index (χ0n) is 21.9. The summed E-state index contributed by atoms with van der Waals surface area (Å²) in [5.41, 5.74) is 4.49. The van der Waals surface area contributed by atoms with Crippen LogP contribution in [0.25, 0.3) is 82.7 Å². The van der Waals surface area contributed by atoms with Crippen molar-refractivity contribution in [3.05, 3.63) is 128 Å². The minimum absolute atomic E-state index is 0.687. The van der Waals surface area contributed by atoms with Gasteiger partial charge in [0.25, 0.3) is 0 Å². The van der Waals surface area contributed by atoms with Gasteiger partial charge in [-0.1, -0.05) is 91.0 Å². The number of para-hydroxylation sites is 1. The van der Waals surface area contributed by atoms with Gasteiger partial charge in [0.2, 0.25) is 0 Å². The van der Waals surface area contributed by atoms with E-state index in [0.29, 0.717) is 5.82 Å². The van der Waals surface area contributed by atoms with Crippen LogP contribution in [-0.2, 0) is 0 Å². The number of fused-ring (bicyclic) bond motifs is 3. The molecule has 41 heavy (non-hydrogen) atoms. The van der Waals surface area contributed by atoms with E-state index >= 15 is 0 Å². The maximum absolute atomic E-state index is 5.11. The van der Waals surface area contributed by atoms with E-state index in [1.54, 1.807) is 0 Å². The zero-order chi connectivity index (χ0) is 26.9. The lowest BCUT2D eigenvalue weighted by Crippen LogP contribution is -2.02. The molecule has 0 unspecified atom stereocenters. The second-order valence-corrected chi connectivity index (χ2v) is 10.4. The number of hydrogen-bond acceptors (Lipinski definition) is 4. The van der Waals surface area contributed by atoms with Crippen LogP contribution in [0.2, 0.25) is 0 Å². The first-order valence-electron chi connectivity index (χ1n) is 13.7. The van der Waals surface area contributed by atoms with Crippen LogP contribution in [0.5, 0.6) is 0 Å². The molecule has 0 spiro atoms. The summed E-state index contributed by atoms with van der Waals surface area (Å²) in [6.07, 6.45) is 1.81. The molecule has 0 saturated heterocycles. The SMILES string of the molecule is c1ccc(-n2c(-c3ccc4ccc5cccnc5c4n3)nnc2-c2ccc3ccc4cccc5ccc2c3c45)cc1. The van der Waals surface area contributed by atoms with Crippen molar-refractivity contribution in [3.63, 3.8) is 0 Å². The Balaban J connectivity index is 1.34. The fraction of sp³-hybridized carbons (Fsp3) is 0. The molecule has 0 aliphatic carbocycles. The van der Waals surface area contributed by atoms with E-state index in [4.69, 9.17) is 15.2 Å². The minimum atomic E-state index is 0.687. The highest BCUT2D eigenvalue weighted by Gasteiger charge is 2.21. The van der Waals surface area contributed by atoms with E-state index in [0.717, 1.165) is 50.0 Å². The van der Waals surface area contributed by atoms with Crippen molar-refractivity contribution in [2.24, 2.45) is 0 Å². The normalized spacial score (nSPS) is 11.9. The van der Waals surface area contributed by atoms with Gasteiger partial charge in [0.05, 0.1) is 11.0 Å². The Morgan fingerprint density at radius 2 is 1.12 bits per heavy atom. The predicted molar refractivity (Wildman–Crippen MR) is 167 cm³/mol. The Labute approximate surface area is 234 Å². The largest absolute Gasteiger partial charge is 0.274 e. The molecule has 0 saturated carbocycles. The molecule has 9 aromatic rings. The third kappa shape index (κ3) is 3.23. The summed E-state index contributed by atoms with van der Waals surface area (Å²) in [6, 6.07) is 42.3. The monoisotopic (exact) mass is 523 g/mol. The summed E-state index contributed by atoms with van der Waals surface area (Å²) in [5.74, 6) is 1.47. The fourth-order valence-electron chi connectivity index (χ4n) is 6.22. The smallest absolute Gasteiger partial charge is 0.187 e. The van der Waals surface area contributed by atoms with Crippen molar-refractivity contribution in [1.82, 2.24) is 24.7 Å². The number of pyridine rings is 2. The standard InChI is InChI=1S/C36H21N5/c1-2-9-27(10-3-1)41-35(29-19-16-24-12-11-22-6-4-7-23-15-18-28(29)32(24)31(22)23)39-40-36(41)30-20-17-26-14-13-25-8-5-21-37-33(25)34(26)38-30/h1-21H. The molecule has 0 radical (unpaired) electrons. The molecule has 0 N–H and O–H groups in total. The van der Waals surface area contributed by atoms with Crippen molar-refractivity contribution in [1.29, 1.82) is 0 Å². The maximum Gasteiger partial charge on any atom is 0.187 e. The number of benzene rings is 6. The van der Waals surface area contributed by atoms with E-state index in [9.17, 15) is 0 Å². The molecule has 6 aromatic carbocycles. The molecule has 0 aliphatic rings. The van der Waals surface area contributed by atoms with Crippen molar-refractivity contribution >= 4 is 54.1 Å². The molecule has 3 heterocycles. The molecule has 5 heteroatoms. The van der Waals surface area contributed by atoms with Crippen LogP contribution in [-0.4, -0.2) is 24.7 Å². The zero-order valence-corrected chi connectivity index (χ0v) is 21.9. The molecule has 190 valence electrons. The molecule has 0 fully saturated rings. The number of nitrogens with zero attached hydrogens (tertiary/aromatic N) is 5. The third-order valence-electron chi connectivity index (χ3n) is 8.11. The average Bonchev–Trinajstić information content (AvgIpc) is 3.49. The molecule has 5 nitrogen and oxygen atoms in total. The van der Waals surface area contributed by atoms with E-state index in [2.05, 4.69) is 101 Å². The first-order chi connectivity index (χ1) is 20.3. The molecule has 0 atom stereocenters. The first kappa shape index (κ1) is 22.2. The van der Waals surface area contributed by atoms with Gasteiger partial charge < -0.3 is 0 Å². The summed E-state index contributed by atoms with van der Waals surface area (Å²) in [6.45, 7) is 0. The van der Waals surface area contributed by atoms with Gasteiger partial charge in [-0.25, -0.2) is 4.98 Å². The van der Waals surface area contributed by atoms with Gasteiger partial charge >= 0.3 is 0 Å². The van der Waals surface area contributed by atoms with Crippen LogP contribution in [0.15, 0.2) is 128 Å². The van der Waals surface area contributed by atoms with Gasteiger partial charge in [0.1, 0.15) is 5.69 Å². The van der Waals surface area contributed by atoms with Gasteiger partial charge in [-0.3, -0.25) is 9.55 Å². The van der Waals surface area contributed by atoms with E-state index < -0.39 is 0 Å². The molecule has 0 aliphatic heterocycles. The van der Waals surface area contributed by atoms with Gasteiger partial charge in [0.15, 0.2) is 11.6 Å². The van der Waals surface area contributed by atoms with Crippen LogP contribution in [0.4, 0.5) is 0 Å². The van der Waals surface area contributed by atoms with Crippen molar-refractivity contribution in [2.75, 3.05) is 0 Å². The highest BCUT2D eigenvalue weighted by molar-refractivity contribution is 6.25. The average molecular weight is 524 g/mol. The second-order valence-electron chi connectivity index (χ2n) is 10.4. The Kier molecular flexibility index (Phi) is 4.55. The lowest BCUT2D eigenvalue weighted by molar-refractivity contribution is 1.06. The summed E-state index contributed by atoms with van der Waals surface area (Å²) >= 11 is 0. The Morgan fingerprint density at radius 1 is 0.463 bits per heavy atom. The number of rotatable bonds is 3. The molecular weight excluding hydrogens is 502 g/mol. The van der Waals surface area contributed by atoms with E-state index in [-0.39, 0.29) is 0 Å². The topological polar surface area (TPSA) is 56.5 Å². The molecule has 9 rings (SSSR count). The minimum Gasteiger partial charge on any atom is -0.274 e. The molecule has 0 amide bonds. The quantitative estimate of drug-likeness (QED) is 0.218. The van der Waals surface area contributed by atoms with E-state index in [1.807, 2.05) is 36.5 Å². The highest BCUT2D eigenvalue weighted by Crippen LogP contribution is 2.40. The highest BCUT2D eigenvalue weighted by atomic mass is 15.3. The van der Waals surface area contributed by atoms with Gasteiger partial charge in [0, 0.05) is 28.2 Å². The number of aromatic nitrogens is 5. The lowest BCUT2D eigenvalue weighted by Gasteiger charge is -2.15. The summed E-state index contributed by atoms with van der Waals surface area (Å²) in [4.78, 5) is 9.76. The van der Waals surface area contributed by atoms with Gasteiger partial charge in [-0.15, -0.1) is 10.2 Å². The summed E-state index contributed by atoms with van der Waals surface area (Å²) in [5, 5.41) is 19.1. The number of hydrogen-bond donors (Lipinski definition) is 0. The molecule has 0 bridgehead atoms. The van der Waals surface area contributed by atoms with Crippen molar-refractivity contribution in [2.45, 2.75) is 0 Å². The van der Waals surface area contributed by atoms with Crippen LogP contribution in [0.1, 0.15) is 0 Å². The Morgan fingerprint density at radius 3 is 1.98 bits per heavy atom. The second kappa shape index (κ2) is 8.41. The fourth-order valence-corrected chi connectivity index (χ4v) is 6.22. The molecule has 3 aromatic heterocycles. The van der Waals surface area contributed by atoms with Crippen molar-refractivity contribution in [3.8, 4) is 28.6 Å². The van der Waals surface area contributed by atoms with Crippen LogP contribution in [0, 0.1) is 0 Å². The van der Waals surface area contributed by atoms with Crippen LogP contribution < -0.4 is 0 Å². The maximum atomic E-state index is 5.11. The predicted octanol–water partition coefficient (Wildman–Crippen LogP) is 8.60. The van der Waals surface area contributed by atoms with Crippen LogP contribution in [0.3, 0.4) is 0 Å².